The van der Waals surface area contributed by atoms with Crippen LogP contribution in [0.4, 0.5) is 4.39 Å². The molecule has 0 radical (unpaired) electrons. The molecule has 0 aliphatic carbocycles. The summed E-state index contributed by atoms with van der Waals surface area (Å²) in [5.41, 5.74) is 2.54. The Morgan fingerprint density at radius 2 is 1.94 bits per heavy atom. The van der Waals surface area contributed by atoms with Crippen molar-refractivity contribution >= 4 is 11.6 Å². The zero-order valence-electron chi connectivity index (χ0n) is 19.1. The van der Waals surface area contributed by atoms with Crippen LogP contribution < -0.4 is 10.1 Å². The zero-order chi connectivity index (χ0) is 23.2. The van der Waals surface area contributed by atoms with Gasteiger partial charge in [0.2, 0.25) is 0 Å². The number of morpholine rings is 1. The summed E-state index contributed by atoms with van der Waals surface area (Å²) in [7, 11) is 0. The van der Waals surface area contributed by atoms with Crippen molar-refractivity contribution in [1.29, 1.82) is 0 Å². The number of Topliss-reactive ketones (excluding diaryl/α,β-unsaturated/α-hetero) is 2. The summed E-state index contributed by atoms with van der Waals surface area (Å²) in [6.45, 7) is 3.59. The fraction of sp³-hybridized carbons (Fsp3) is 0.481. The van der Waals surface area contributed by atoms with E-state index in [-0.39, 0.29) is 23.6 Å². The second-order valence-electron chi connectivity index (χ2n) is 8.78. The minimum atomic E-state index is -0.708. The summed E-state index contributed by atoms with van der Waals surface area (Å²) in [6.07, 6.45) is 2.79. The van der Waals surface area contributed by atoms with Gasteiger partial charge in [-0.3, -0.25) is 9.59 Å². The summed E-state index contributed by atoms with van der Waals surface area (Å²) in [4.78, 5) is 25.8. The first kappa shape index (κ1) is 23.6. The number of unbranched alkanes of at least 4 members (excludes halogenated alkanes) is 1. The Kier molecular flexibility index (Phi) is 7.89. The van der Waals surface area contributed by atoms with Crippen molar-refractivity contribution in [3.05, 3.63) is 64.7 Å². The van der Waals surface area contributed by atoms with Gasteiger partial charge in [-0.05, 0) is 30.5 Å². The molecule has 2 heterocycles. The molecule has 1 N–H and O–H groups in total. The number of carbonyl (C=O) groups excluding carboxylic acids is 2. The molecule has 5 nitrogen and oxygen atoms in total. The van der Waals surface area contributed by atoms with Crippen molar-refractivity contribution in [2.75, 3.05) is 26.4 Å². The van der Waals surface area contributed by atoms with E-state index >= 15 is 0 Å². The Bertz CT molecular complexity index is 972. The van der Waals surface area contributed by atoms with Gasteiger partial charge in [-0.1, -0.05) is 43.7 Å². The summed E-state index contributed by atoms with van der Waals surface area (Å²) in [5, 5.41) is 3.32. The lowest BCUT2D eigenvalue weighted by molar-refractivity contribution is 0.0220. The molecule has 0 amide bonds. The van der Waals surface area contributed by atoms with Gasteiger partial charge in [0, 0.05) is 37.1 Å². The van der Waals surface area contributed by atoms with Crippen molar-refractivity contribution in [2.24, 2.45) is 0 Å². The predicted molar refractivity (Wildman–Crippen MR) is 125 cm³/mol. The first-order chi connectivity index (χ1) is 16.1. The van der Waals surface area contributed by atoms with Crippen LogP contribution in [0.15, 0.2) is 42.5 Å². The highest BCUT2D eigenvalue weighted by Gasteiger charge is 2.38. The third-order valence-electron chi connectivity index (χ3n) is 6.53. The van der Waals surface area contributed by atoms with E-state index in [1.807, 2.05) is 36.4 Å². The van der Waals surface area contributed by atoms with Gasteiger partial charge in [-0.2, -0.15) is 0 Å². The highest BCUT2D eigenvalue weighted by Crippen LogP contribution is 2.45. The second-order valence-corrected chi connectivity index (χ2v) is 8.78. The number of rotatable bonds is 10. The topological polar surface area (TPSA) is 64.6 Å². The van der Waals surface area contributed by atoms with Gasteiger partial charge in [0.05, 0.1) is 24.2 Å². The van der Waals surface area contributed by atoms with E-state index in [1.54, 1.807) is 13.0 Å². The Morgan fingerprint density at radius 1 is 1.12 bits per heavy atom. The van der Waals surface area contributed by atoms with Crippen LogP contribution >= 0.6 is 0 Å². The lowest BCUT2D eigenvalue weighted by atomic mass is 9.85. The molecule has 1 fully saturated rings. The molecule has 3 atom stereocenters. The fourth-order valence-electron chi connectivity index (χ4n) is 4.77. The van der Waals surface area contributed by atoms with Crippen LogP contribution in [0.3, 0.4) is 0 Å². The third-order valence-corrected chi connectivity index (χ3v) is 6.53. The molecule has 0 saturated carbocycles. The van der Waals surface area contributed by atoms with E-state index in [2.05, 4.69) is 5.32 Å². The fourth-order valence-corrected chi connectivity index (χ4v) is 4.77. The van der Waals surface area contributed by atoms with Crippen LogP contribution in [-0.4, -0.2) is 50.1 Å². The van der Waals surface area contributed by atoms with E-state index < -0.39 is 12.8 Å². The monoisotopic (exact) mass is 453 g/mol. The summed E-state index contributed by atoms with van der Waals surface area (Å²) >= 11 is 0. The predicted octanol–water partition coefficient (Wildman–Crippen LogP) is 4.87. The number of carbonyl (C=O) groups is 2. The normalized spacial score (nSPS) is 21.9. The SMILES string of the molecule is CCC(=O)c1cc(C(=O)CCCC[C@@H]2CNCCO2)cc2c1O[C@H](CF)[C@H]2c1ccccc1. The standard InChI is InChI=1S/C27H32FNO4/c1-2-23(30)21-14-19(24(31)11-7-6-10-20-17-29-12-13-32-20)15-22-26(18-8-4-3-5-9-18)25(16-28)33-27(21)22/h3-5,8-9,14-15,20,25-26,29H,2,6-7,10-13,16-17H2,1H3/t20-,25-,26+/m1/s1. The lowest BCUT2D eigenvalue weighted by Crippen LogP contribution is -2.38. The van der Waals surface area contributed by atoms with Gasteiger partial charge in [0.1, 0.15) is 18.5 Å². The number of ether oxygens (including phenoxy) is 2. The van der Waals surface area contributed by atoms with E-state index in [1.165, 1.54) is 0 Å². The van der Waals surface area contributed by atoms with E-state index in [9.17, 15) is 14.0 Å². The molecule has 6 heteroatoms. The molecule has 0 spiro atoms. The highest BCUT2D eigenvalue weighted by atomic mass is 19.1. The van der Waals surface area contributed by atoms with Gasteiger partial charge in [-0.15, -0.1) is 0 Å². The van der Waals surface area contributed by atoms with Crippen molar-refractivity contribution in [3.8, 4) is 5.75 Å². The molecular formula is C27H32FNO4. The molecule has 0 aromatic heterocycles. The number of ketones is 2. The largest absolute Gasteiger partial charge is 0.486 e. The van der Waals surface area contributed by atoms with Crippen LogP contribution in [0.1, 0.15) is 76.8 Å². The summed E-state index contributed by atoms with van der Waals surface area (Å²) in [6, 6.07) is 13.0. The van der Waals surface area contributed by atoms with Gasteiger partial charge in [-0.25, -0.2) is 4.39 Å². The minimum Gasteiger partial charge on any atom is -0.486 e. The quantitative estimate of drug-likeness (QED) is 0.411. The number of benzene rings is 2. The van der Waals surface area contributed by atoms with Crippen LogP contribution in [0, 0.1) is 0 Å². The van der Waals surface area contributed by atoms with Crippen molar-refractivity contribution in [1.82, 2.24) is 5.32 Å². The lowest BCUT2D eigenvalue weighted by Gasteiger charge is -2.23. The van der Waals surface area contributed by atoms with Gasteiger partial charge >= 0.3 is 0 Å². The van der Waals surface area contributed by atoms with Crippen LogP contribution in [0.25, 0.3) is 0 Å². The Hall–Kier alpha value is -2.57. The minimum absolute atomic E-state index is 0.00107. The molecule has 2 aliphatic rings. The highest BCUT2D eigenvalue weighted by molar-refractivity contribution is 6.04. The van der Waals surface area contributed by atoms with Crippen LogP contribution in [0.2, 0.25) is 0 Å². The maximum Gasteiger partial charge on any atom is 0.166 e. The third kappa shape index (κ3) is 5.33. The van der Waals surface area contributed by atoms with Crippen molar-refractivity contribution in [2.45, 2.75) is 57.2 Å². The number of nitrogens with one attached hydrogen (secondary N) is 1. The molecule has 2 aliphatic heterocycles. The second kappa shape index (κ2) is 11.0. The molecular weight excluding hydrogens is 421 g/mol. The zero-order valence-corrected chi connectivity index (χ0v) is 19.1. The Balaban J connectivity index is 1.55. The smallest absolute Gasteiger partial charge is 0.166 e. The Morgan fingerprint density at radius 3 is 2.64 bits per heavy atom. The number of alkyl halides is 1. The maximum absolute atomic E-state index is 13.9. The first-order valence-corrected chi connectivity index (χ1v) is 12.0. The number of fused-ring (bicyclic) bond motifs is 1. The molecule has 1 saturated heterocycles. The molecule has 2 aromatic rings. The number of hydrogen-bond donors (Lipinski definition) is 1. The van der Waals surface area contributed by atoms with E-state index in [0.29, 0.717) is 29.7 Å². The van der Waals surface area contributed by atoms with Gasteiger partial charge in [0.25, 0.3) is 0 Å². The molecule has 176 valence electrons. The molecule has 2 aromatic carbocycles. The molecule has 4 rings (SSSR count). The average molecular weight is 454 g/mol. The average Bonchev–Trinajstić information content (AvgIpc) is 3.25. The molecule has 0 bridgehead atoms. The summed E-state index contributed by atoms with van der Waals surface area (Å²) in [5.74, 6) is -0.0227. The Labute approximate surface area is 194 Å². The number of hydrogen-bond acceptors (Lipinski definition) is 5. The molecule has 0 unspecified atom stereocenters. The maximum atomic E-state index is 13.9. The van der Waals surface area contributed by atoms with Crippen molar-refractivity contribution in [3.63, 3.8) is 0 Å². The van der Waals surface area contributed by atoms with Crippen LogP contribution in [-0.2, 0) is 4.74 Å². The van der Waals surface area contributed by atoms with E-state index in [4.69, 9.17) is 9.47 Å². The van der Waals surface area contributed by atoms with Crippen LogP contribution in [0.5, 0.6) is 5.75 Å². The first-order valence-electron chi connectivity index (χ1n) is 12.0. The summed E-state index contributed by atoms with van der Waals surface area (Å²) < 4.78 is 25.6. The van der Waals surface area contributed by atoms with E-state index in [0.717, 1.165) is 50.1 Å². The van der Waals surface area contributed by atoms with Crippen molar-refractivity contribution < 1.29 is 23.5 Å². The molecule has 33 heavy (non-hydrogen) atoms. The van der Waals surface area contributed by atoms with Gasteiger partial charge < -0.3 is 14.8 Å². The van der Waals surface area contributed by atoms with Gasteiger partial charge in [0.15, 0.2) is 11.6 Å². The number of halogens is 1.